The summed E-state index contributed by atoms with van der Waals surface area (Å²) in [5, 5.41) is 11.6. The molecule has 1 saturated carbocycles. The Bertz CT molecular complexity index is 2040. The van der Waals surface area contributed by atoms with E-state index >= 15 is 0 Å². The van der Waals surface area contributed by atoms with Crippen molar-refractivity contribution in [2.75, 3.05) is 79.3 Å². The lowest BCUT2D eigenvalue weighted by Crippen LogP contribution is -2.43. The average molecular weight is 798 g/mol. The van der Waals surface area contributed by atoms with E-state index in [1.165, 1.54) is 16.9 Å². The summed E-state index contributed by atoms with van der Waals surface area (Å²) >= 11 is 3.56. The van der Waals surface area contributed by atoms with Crippen molar-refractivity contribution in [1.29, 1.82) is 0 Å². The van der Waals surface area contributed by atoms with Crippen LogP contribution in [0.15, 0.2) is 76.8 Å². The van der Waals surface area contributed by atoms with Gasteiger partial charge in [0, 0.05) is 53.5 Å². The third-order valence-corrected chi connectivity index (χ3v) is 12.7. The molecule has 9 rings (SSSR count). The second kappa shape index (κ2) is 13.8. The standard InChI is InChI=1S/C41H41BrN4O8/c1-52-33-21-23(42)20-31(37(33)47)34-28-10-11-29-35(40(50)45(38(29)48)26-6-2-24(3-7-26)43-12-16-53-17-13-43)30(28)22-32-36(34)41(51)46(39(32)49)27-8-4-25(5-9-27)44-14-18-54-19-15-44/h2-10,20-21,29-30,32,34-36,47H,11-19,22H2,1H3/t29-,30+,32+,34+,35-,36+/m0/s1. The zero-order chi connectivity index (χ0) is 37.2. The number of halogens is 1. The molecule has 3 aromatic rings. The third kappa shape index (κ3) is 5.62. The average Bonchev–Trinajstić information content (AvgIpc) is 3.62. The molecule has 54 heavy (non-hydrogen) atoms. The number of aromatic hydroxyl groups is 1. The Morgan fingerprint density at radius 1 is 0.667 bits per heavy atom. The van der Waals surface area contributed by atoms with Crippen molar-refractivity contribution in [2.45, 2.75) is 18.8 Å². The number of imide groups is 2. The van der Waals surface area contributed by atoms with Crippen molar-refractivity contribution in [3.8, 4) is 11.5 Å². The molecule has 3 aromatic carbocycles. The zero-order valence-corrected chi connectivity index (χ0v) is 31.4. The molecule has 4 aliphatic heterocycles. The molecule has 13 heteroatoms. The number of phenolic OH excluding ortho intramolecular Hbond substituents is 1. The SMILES string of the molecule is COc1cc(Br)cc([C@H]2C3=CC[C@@H]4C(=O)N(c5ccc(N6CCOCC6)cc5)C(=O)[C@@H]4[C@@H]3C[C@H]3C(=O)N(c4ccc(N5CCOCC5)cc4)C(=O)[C@@H]23)c1O. The topological polar surface area (TPSA) is 129 Å². The highest BCUT2D eigenvalue weighted by molar-refractivity contribution is 9.10. The van der Waals surface area contributed by atoms with E-state index < -0.39 is 35.5 Å². The fourth-order valence-corrected chi connectivity index (χ4v) is 10.2. The van der Waals surface area contributed by atoms with Crippen LogP contribution in [0.2, 0.25) is 0 Å². The smallest absolute Gasteiger partial charge is 0.238 e. The molecule has 0 unspecified atom stereocenters. The van der Waals surface area contributed by atoms with Crippen LogP contribution in [0.4, 0.5) is 22.7 Å². The van der Waals surface area contributed by atoms with Gasteiger partial charge in [-0.25, -0.2) is 0 Å². The number of fused-ring (bicyclic) bond motifs is 4. The van der Waals surface area contributed by atoms with Crippen LogP contribution in [-0.2, 0) is 28.7 Å². The van der Waals surface area contributed by atoms with Crippen LogP contribution in [0.5, 0.6) is 11.5 Å². The molecule has 12 nitrogen and oxygen atoms in total. The van der Waals surface area contributed by atoms with Crippen LogP contribution in [0, 0.1) is 29.6 Å². The molecular weight excluding hydrogens is 756 g/mol. The fourth-order valence-electron chi connectivity index (χ4n) is 9.70. The monoisotopic (exact) mass is 796 g/mol. The van der Waals surface area contributed by atoms with Crippen molar-refractivity contribution in [3.05, 3.63) is 82.3 Å². The van der Waals surface area contributed by atoms with Gasteiger partial charge in [-0.1, -0.05) is 27.6 Å². The zero-order valence-electron chi connectivity index (χ0n) is 29.9. The Balaban J connectivity index is 1.08. The molecule has 0 radical (unpaired) electrons. The highest BCUT2D eigenvalue weighted by Crippen LogP contribution is 2.60. The second-order valence-electron chi connectivity index (χ2n) is 14.8. The highest BCUT2D eigenvalue weighted by atomic mass is 79.9. The van der Waals surface area contributed by atoms with E-state index in [4.69, 9.17) is 14.2 Å². The lowest BCUT2D eigenvalue weighted by molar-refractivity contribution is -0.126. The molecule has 4 saturated heterocycles. The number of anilines is 4. The first-order valence-electron chi connectivity index (χ1n) is 18.6. The molecule has 4 amide bonds. The Morgan fingerprint density at radius 3 is 1.70 bits per heavy atom. The van der Waals surface area contributed by atoms with Gasteiger partial charge in [0.05, 0.1) is 68.6 Å². The third-order valence-electron chi connectivity index (χ3n) is 12.2. The van der Waals surface area contributed by atoms with Gasteiger partial charge in [-0.15, -0.1) is 0 Å². The van der Waals surface area contributed by atoms with E-state index in [-0.39, 0.29) is 41.5 Å². The summed E-state index contributed by atoms with van der Waals surface area (Å²) in [5.41, 5.74) is 4.19. The summed E-state index contributed by atoms with van der Waals surface area (Å²) in [5.74, 6) is -5.36. The normalized spacial score (nSPS) is 28.2. The molecule has 5 fully saturated rings. The Hall–Kier alpha value is -4.72. The first-order chi connectivity index (χ1) is 26.2. The number of carbonyl (C=O) groups is 4. The van der Waals surface area contributed by atoms with Gasteiger partial charge in [-0.2, -0.15) is 0 Å². The number of phenols is 1. The van der Waals surface area contributed by atoms with E-state index in [1.807, 2.05) is 42.5 Å². The number of ether oxygens (including phenoxy) is 3. The lowest BCUT2D eigenvalue weighted by atomic mass is 9.57. The van der Waals surface area contributed by atoms with E-state index in [9.17, 15) is 24.3 Å². The number of methoxy groups -OCH3 is 1. The van der Waals surface area contributed by atoms with Crippen LogP contribution in [0.3, 0.4) is 0 Å². The number of allylic oxidation sites excluding steroid dienone is 2. The van der Waals surface area contributed by atoms with Gasteiger partial charge in [0.15, 0.2) is 11.5 Å². The Labute approximate surface area is 321 Å². The first kappa shape index (κ1) is 35.0. The second-order valence-corrected chi connectivity index (χ2v) is 15.7. The van der Waals surface area contributed by atoms with Crippen molar-refractivity contribution in [3.63, 3.8) is 0 Å². The van der Waals surface area contributed by atoms with Crippen molar-refractivity contribution in [2.24, 2.45) is 29.6 Å². The van der Waals surface area contributed by atoms with E-state index in [1.54, 1.807) is 24.3 Å². The maximum atomic E-state index is 14.7. The minimum absolute atomic E-state index is 0.127. The molecular formula is C41H41BrN4O8. The quantitative estimate of drug-likeness (QED) is 0.272. The summed E-state index contributed by atoms with van der Waals surface area (Å²) in [6, 6.07) is 18.4. The number of nitrogens with zero attached hydrogens (tertiary/aromatic N) is 4. The first-order valence-corrected chi connectivity index (χ1v) is 19.4. The van der Waals surface area contributed by atoms with Crippen LogP contribution in [0.25, 0.3) is 0 Å². The van der Waals surface area contributed by atoms with Crippen LogP contribution >= 0.6 is 15.9 Å². The fraction of sp³-hybridized carbons (Fsp3) is 0.415. The van der Waals surface area contributed by atoms with Gasteiger partial charge in [0.2, 0.25) is 23.6 Å². The predicted octanol–water partition coefficient (Wildman–Crippen LogP) is 4.88. The Morgan fingerprint density at radius 2 is 1.17 bits per heavy atom. The van der Waals surface area contributed by atoms with Gasteiger partial charge in [0.1, 0.15) is 0 Å². The number of carbonyl (C=O) groups excluding carboxylic acids is 4. The maximum Gasteiger partial charge on any atom is 0.238 e. The number of morpholine rings is 2. The summed E-state index contributed by atoms with van der Waals surface area (Å²) in [6.07, 6.45) is 2.52. The molecule has 0 bridgehead atoms. The summed E-state index contributed by atoms with van der Waals surface area (Å²) < 4.78 is 17.1. The molecule has 6 aliphatic rings. The number of hydrogen-bond acceptors (Lipinski definition) is 10. The summed E-state index contributed by atoms with van der Waals surface area (Å²) in [4.78, 5) is 64.8. The van der Waals surface area contributed by atoms with Gasteiger partial charge < -0.3 is 29.1 Å². The summed E-state index contributed by atoms with van der Waals surface area (Å²) in [6.45, 7) is 5.59. The van der Waals surface area contributed by atoms with Gasteiger partial charge in [0.25, 0.3) is 0 Å². The number of hydrogen-bond donors (Lipinski definition) is 1. The minimum atomic E-state index is -0.837. The molecule has 280 valence electrons. The largest absolute Gasteiger partial charge is 0.504 e. The molecule has 1 N–H and O–H groups in total. The number of rotatable bonds is 6. The lowest BCUT2D eigenvalue weighted by Gasteiger charge is -2.44. The van der Waals surface area contributed by atoms with Crippen LogP contribution < -0.4 is 24.3 Å². The van der Waals surface area contributed by atoms with Crippen LogP contribution in [0.1, 0.15) is 24.3 Å². The van der Waals surface area contributed by atoms with E-state index in [0.717, 1.165) is 43.1 Å². The molecule has 2 aliphatic carbocycles. The van der Waals surface area contributed by atoms with Crippen molar-refractivity contribution in [1.82, 2.24) is 0 Å². The highest BCUT2D eigenvalue weighted by Gasteiger charge is 2.62. The van der Waals surface area contributed by atoms with Crippen molar-refractivity contribution < 1.29 is 38.5 Å². The van der Waals surface area contributed by atoms with Crippen molar-refractivity contribution >= 4 is 62.3 Å². The maximum absolute atomic E-state index is 14.7. The Kier molecular flexibility index (Phi) is 8.98. The summed E-state index contributed by atoms with van der Waals surface area (Å²) in [7, 11) is 1.46. The van der Waals surface area contributed by atoms with E-state index in [2.05, 4.69) is 25.7 Å². The van der Waals surface area contributed by atoms with E-state index in [0.29, 0.717) is 54.3 Å². The number of benzene rings is 3. The predicted molar refractivity (Wildman–Crippen MR) is 204 cm³/mol. The molecule has 0 aromatic heterocycles. The van der Waals surface area contributed by atoms with Gasteiger partial charge >= 0.3 is 0 Å². The molecule has 6 atom stereocenters. The number of amides is 4. The molecule has 0 spiro atoms. The van der Waals surface area contributed by atoms with Gasteiger partial charge in [-0.05, 0) is 79.4 Å². The minimum Gasteiger partial charge on any atom is -0.504 e. The van der Waals surface area contributed by atoms with Gasteiger partial charge in [-0.3, -0.25) is 29.0 Å². The molecule has 4 heterocycles. The van der Waals surface area contributed by atoms with Crippen LogP contribution in [-0.4, -0.2) is 88.5 Å².